The molecule has 1 aromatic heterocycles. The Bertz CT molecular complexity index is 576. The number of anilines is 1. The third kappa shape index (κ3) is 3.93. The Balaban J connectivity index is 1.86. The van der Waals surface area contributed by atoms with Crippen molar-refractivity contribution >= 4 is 28.8 Å². The van der Waals surface area contributed by atoms with E-state index in [0.29, 0.717) is 17.7 Å². The number of rotatable bonds is 5. The van der Waals surface area contributed by atoms with Gasteiger partial charge in [-0.05, 0) is 42.1 Å². The van der Waals surface area contributed by atoms with Crippen LogP contribution in [0.25, 0.3) is 0 Å². The topological polar surface area (TPSA) is 58.2 Å². The van der Waals surface area contributed by atoms with E-state index in [-0.39, 0.29) is 11.8 Å². The number of aryl methyl sites for hydroxylation is 1. The molecule has 0 aliphatic carbocycles. The molecule has 0 fully saturated rings. The van der Waals surface area contributed by atoms with Crippen LogP contribution in [0.4, 0.5) is 5.69 Å². The van der Waals surface area contributed by atoms with Gasteiger partial charge in [-0.15, -0.1) is 11.3 Å². The van der Waals surface area contributed by atoms with Crippen LogP contribution in [-0.4, -0.2) is 18.9 Å². The van der Waals surface area contributed by atoms with Gasteiger partial charge in [-0.25, -0.2) is 0 Å². The van der Waals surface area contributed by atoms with Gasteiger partial charge in [-0.2, -0.15) is 0 Å². The van der Waals surface area contributed by atoms with Gasteiger partial charge in [0.15, 0.2) is 0 Å². The summed E-state index contributed by atoms with van der Waals surface area (Å²) in [4.78, 5) is 24.4. The predicted octanol–water partition coefficient (Wildman–Crippen LogP) is 2.68. The Morgan fingerprint density at radius 1 is 1.15 bits per heavy atom. The van der Waals surface area contributed by atoms with Gasteiger partial charge in [0, 0.05) is 29.6 Å². The van der Waals surface area contributed by atoms with Gasteiger partial charge >= 0.3 is 0 Å². The fourth-order valence-electron chi connectivity index (χ4n) is 1.76. The number of benzene rings is 1. The summed E-state index contributed by atoms with van der Waals surface area (Å²) in [6, 6.07) is 10.8. The van der Waals surface area contributed by atoms with Crippen molar-refractivity contribution in [1.82, 2.24) is 5.32 Å². The van der Waals surface area contributed by atoms with E-state index < -0.39 is 0 Å². The zero-order valence-electron chi connectivity index (χ0n) is 11.2. The van der Waals surface area contributed by atoms with E-state index in [1.54, 1.807) is 42.6 Å². The molecule has 104 valence electrons. The van der Waals surface area contributed by atoms with E-state index in [9.17, 15) is 9.59 Å². The molecule has 2 rings (SSSR count). The molecule has 0 bridgehead atoms. The number of hydrogen-bond donors (Lipinski definition) is 2. The molecule has 2 amide bonds. The molecule has 0 saturated carbocycles. The standard InChI is InChI=1S/C15H16N2O2S/c1-16-15(19)11-4-6-12(7-5-11)17-14(18)9-8-13-3-2-10-20-13/h2-7,10H,8-9H2,1H3,(H,16,19)(H,17,18). The van der Waals surface area contributed by atoms with E-state index in [4.69, 9.17) is 0 Å². The zero-order valence-corrected chi connectivity index (χ0v) is 12.0. The minimum absolute atomic E-state index is 0.0221. The molecule has 0 unspecified atom stereocenters. The molecule has 0 radical (unpaired) electrons. The molecule has 2 aromatic rings. The highest BCUT2D eigenvalue weighted by Crippen LogP contribution is 2.13. The number of thiophene rings is 1. The second kappa shape index (κ2) is 6.86. The molecule has 5 heteroatoms. The van der Waals surface area contributed by atoms with E-state index in [2.05, 4.69) is 10.6 Å². The highest BCUT2D eigenvalue weighted by molar-refractivity contribution is 7.09. The van der Waals surface area contributed by atoms with Crippen molar-refractivity contribution in [1.29, 1.82) is 0 Å². The van der Waals surface area contributed by atoms with E-state index in [0.717, 1.165) is 6.42 Å². The van der Waals surface area contributed by atoms with Gasteiger partial charge in [0.05, 0.1) is 0 Å². The Morgan fingerprint density at radius 2 is 1.90 bits per heavy atom. The van der Waals surface area contributed by atoms with Crippen LogP contribution >= 0.6 is 11.3 Å². The molecule has 0 aliphatic heterocycles. The van der Waals surface area contributed by atoms with Crippen LogP contribution in [0, 0.1) is 0 Å². The zero-order chi connectivity index (χ0) is 14.4. The number of amides is 2. The first-order valence-corrected chi connectivity index (χ1v) is 7.21. The van der Waals surface area contributed by atoms with E-state index >= 15 is 0 Å². The lowest BCUT2D eigenvalue weighted by molar-refractivity contribution is -0.116. The number of hydrogen-bond acceptors (Lipinski definition) is 3. The lowest BCUT2D eigenvalue weighted by Gasteiger charge is -2.06. The van der Waals surface area contributed by atoms with Crippen molar-refractivity contribution in [3.8, 4) is 0 Å². The van der Waals surface area contributed by atoms with Crippen LogP contribution in [0.15, 0.2) is 41.8 Å². The first kappa shape index (κ1) is 14.3. The highest BCUT2D eigenvalue weighted by atomic mass is 32.1. The number of carbonyl (C=O) groups excluding carboxylic acids is 2. The number of nitrogens with one attached hydrogen (secondary N) is 2. The van der Waals surface area contributed by atoms with Crippen LogP contribution in [-0.2, 0) is 11.2 Å². The molecule has 0 saturated heterocycles. The Morgan fingerprint density at radius 3 is 2.50 bits per heavy atom. The lowest BCUT2D eigenvalue weighted by Crippen LogP contribution is -2.17. The summed E-state index contributed by atoms with van der Waals surface area (Å²) in [5.74, 6) is -0.160. The van der Waals surface area contributed by atoms with Crippen LogP contribution in [0.1, 0.15) is 21.7 Å². The molecule has 4 nitrogen and oxygen atoms in total. The molecule has 0 atom stereocenters. The normalized spacial score (nSPS) is 10.1. The third-order valence-corrected chi connectivity index (χ3v) is 3.77. The average molecular weight is 288 g/mol. The van der Waals surface area contributed by atoms with Crippen molar-refractivity contribution in [2.45, 2.75) is 12.8 Å². The van der Waals surface area contributed by atoms with Crippen molar-refractivity contribution in [2.75, 3.05) is 12.4 Å². The van der Waals surface area contributed by atoms with Crippen molar-refractivity contribution in [3.63, 3.8) is 0 Å². The summed E-state index contributed by atoms with van der Waals surface area (Å²) in [6.07, 6.45) is 1.21. The van der Waals surface area contributed by atoms with E-state index in [1.807, 2.05) is 17.5 Å². The van der Waals surface area contributed by atoms with Gasteiger partial charge in [-0.3, -0.25) is 9.59 Å². The van der Waals surface area contributed by atoms with Crippen LogP contribution in [0.3, 0.4) is 0 Å². The maximum Gasteiger partial charge on any atom is 0.251 e. The number of carbonyl (C=O) groups is 2. The quantitative estimate of drug-likeness (QED) is 0.888. The summed E-state index contributed by atoms with van der Waals surface area (Å²) in [7, 11) is 1.59. The SMILES string of the molecule is CNC(=O)c1ccc(NC(=O)CCc2cccs2)cc1. The maximum atomic E-state index is 11.8. The molecule has 2 N–H and O–H groups in total. The maximum absolute atomic E-state index is 11.8. The Kier molecular flexibility index (Phi) is 4.90. The predicted molar refractivity (Wildman–Crippen MR) is 81.1 cm³/mol. The Labute approximate surface area is 121 Å². The third-order valence-electron chi connectivity index (χ3n) is 2.84. The van der Waals surface area contributed by atoms with Crippen LogP contribution in [0.5, 0.6) is 0 Å². The van der Waals surface area contributed by atoms with Crippen molar-refractivity contribution in [3.05, 3.63) is 52.2 Å². The molecule has 1 heterocycles. The van der Waals surface area contributed by atoms with Gasteiger partial charge < -0.3 is 10.6 Å². The highest BCUT2D eigenvalue weighted by Gasteiger charge is 2.05. The van der Waals surface area contributed by atoms with Gasteiger partial charge in [-0.1, -0.05) is 6.07 Å². The summed E-state index contributed by atoms with van der Waals surface area (Å²) in [5, 5.41) is 7.38. The van der Waals surface area contributed by atoms with Crippen molar-refractivity contribution < 1.29 is 9.59 Å². The molecule has 20 heavy (non-hydrogen) atoms. The van der Waals surface area contributed by atoms with Gasteiger partial charge in [0.25, 0.3) is 5.91 Å². The van der Waals surface area contributed by atoms with Crippen LogP contribution in [0.2, 0.25) is 0 Å². The lowest BCUT2D eigenvalue weighted by atomic mass is 10.2. The van der Waals surface area contributed by atoms with Gasteiger partial charge in [0.1, 0.15) is 0 Å². The second-order valence-corrected chi connectivity index (χ2v) is 5.32. The Hall–Kier alpha value is -2.14. The van der Waals surface area contributed by atoms with Crippen LogP contribution < -0.4 is 10.6 Å². The monoisotopic (exact) mass is 288 g/mol. The summed E-state index contributed by atoms with van der Waals surface area (Å²) < 4.78 is 0. The average Bonchev–Trinajstić information content (AvgIpc) is 2.98. The summed E-state index contributed by atoms with van der Waals surface area (Å²) in [6.45, 7) is 0. The molecule has 0 spiro atoms. The first-order chi connectivity index (χ1) is 9.69. The smallest absolute Gasteiger partial charge is 0.251 e. The fraction of sp³-hybridized carbons (Fsp3) is 0.200. The summed E-state index contributed by atoms with van der Waals surface area (Å²) in [5.41, 5.74) is 1.28. The van der Waals surface area contributed by atoms with E-state index in [1.165, 1.54) is 4.88 Å². The molecule has 1 aromatic carbocycles. The minimum Gasteiger partial charge on any atom is -0.355 e. The minimum atomic E-state index is -0.138. The van der Waals surface area contributed by atoms with Gasteiger partial charge in [0.2, 0.25) is 5.91 Å². The molecule has 0 aliphatic rings. The molecular weight excluding hydrogens is 272 g/mol. The largest absolute Gasteiger partial charge is 0.355 e. The first-order valence-electron chi connectivity index (χ1n) is 6.33. The fourth-order valence-corrected chi connectivity index (χ4v) is 2.47. The summed E-state index contributed by atoms with van der Waals surface area (Å²) >= 11 is 1.65. The molecular formula is C15H16N2O2S. The van der Waals surface area contributed by atoms with Crippen molar-refractivity contribution in [2.24, 2.45) is 0 Å². The second-order valence-electron chi connectivity index (χ2n) is 4.28.